The number of rotatable bonds is 7. The van der Waals surface area contributed by atoms with Crippen LogP contribution in [0, 0.1) is 5.82 Å². The number of hydrogen-bond acceptors (Lipinski definition) is 3. The molecule has 0 bridgehead atoms. The number of halogens is 2. The third-order valence-corrected chi connectivity index (χ3v) is 3.01. The lowest BCUT2D eigenvalue weighted by Crippen LogP contribution is -2.19. The van der Waals surface area contributed by atoms with Crippen LogP contribution < -0.4 is 0 Å². The Labute approximate surface area is 115 Å². The standard InChI is InChI=1S/C13H16ClFO4/c14-6-5-11(16)13(19)9-2-1-8(10(15)7-9)3-4-12(17)18/h1-2,7,11,13,16,19H,3-6H2,(H,17,18). The molecule has 2 atom stereocenters. The van der Waals surface area contributed by atoms with Crippen LogP contribution >= 0.6 is 11.6 Å². The number of benzene rings is 1. The van der Waals surface area contributed by atoms with Crippen molar-refractivity contribution in [3.8, 4) is 0 Å². The van der Waals surface area contributed by atoms with Crippen LogP contribution in [0.2, 0.25) is 0 Å². The van der Waals surface area contributed by atoms with Crippen LogP contribution in [-0.4, -0.2) is 33.3 Å². The zero-order valence-electron chi connectivity index (χ0n) is 10.2. The largest absolute Gasteiger partial charge is 0.481 e. The fraction of sp³-hybridized carbons (Fsp3) is 0.462. The Morgan fingerprint density at radius 3 is 2.58 bits per heavy atom. The molecular formula is C13H16ClFO4. The van der Waals surface area contributed by atoms with Gasteiger partial charge in [0.1, 0.15) is 11.9 Å². The van der Waals surface area contributed by atoms with Gasteiger partial charge < -0.3 is 15.3 Å². The van der Waals surface area contributed by atoms with Gasteiger partial charge in [-0.25, -0.2) is 4.39 Å². The highest BCUT2D eigenvalue weighted by molar-refractivity contribution is 6.17. The molecule has 0 aliphatic carbocycles. The summed E-state index contributed by atoms with van der Waals surface area (Å²) in [6.07, 6.45) is -2.14. The molecule has 0 amide bonds. The topological polar surface area (TPSA) is 77.8 Å². The number of aliphatic hydroxyl groups is 2. The lowest BCUT2D eigenvalue weighted by molar-refractivity contribution is -0.136. The summed E-state index contributed by atoms with van der Waals surface area (Å²) >= 11 is 5.45. The summed E-state index contributed by atoms with van der Waals surface area (Å²) in [4.78, 5) is 10.4. The Balaban J connectivity index is 2.78. The van der Waals surface area contributed by atoms with Crippen molar-refractivity contribution in [2.45, 2.75) is 31.5 Å². The zero-order valence-corrected chi connectivity index (χ0v) is 11.0. The minimum Gasteiger partial charge on any atom is -0.481 e. The number of aliphatic hydroxyl groups excluding tert-OH is 2. The second-order valence-corrected chi connectivity index (χ2v) is 4.61. The van der Waals surface area contributed by atoms with Gasteiger partial charge in [0.15, 0.2) is 0 Å². The minimum atomic E-state index is -1.21. The van der Waals surface area contributed by atoms with E-state index in [1.165, 1.54) is 12.1 Å². The molecule has 1 aromatic rings. The predicted octanol–water partition coefficient (Wildman–Crippen LogP) is 1.87. The van der Waals surface area contributed by atoms with Crippen molar-refractivity contribution in [1.29, 1.82) is 0 Å². The molecule has 2 unspecified atom stereocenters. The average molecular weight is 291 g/mol. The Bertz CT molecular complexity index is 439. The Kier molecular flexibility index (Phi) is 6.21. The number of carbonyl (C=O) groups is 1. The van der Waals surface area contributed by atoms with Crippen molar-refractivity contribution in [1.82, 2.24) is 0 Å². The van der Waals surface area contributed by atoms with Gasteiger partial charge in [-0.3, -0.25) is 4.79 Å². The number of alkyl halides is 1. The summed E-state index contributed by atoms with van der Waals surface area (Å²) in [5.41, 5.74) is 0.513. The van der Waals surface area contributed by atoms with Gasteiger partial charge >= 0.3 is 5.97 Å². The number of carboxylic acid groups (broad SMARTS) is 1. The van der Waals surface area contributed by atoms with Crippen molar-refractivity contribution in [2.75, 3.05) is 5.88 Å². The zero-order chi connectivity index (χ0) is 14.4. The van der Waals surface area contributed by atoms with E-state index < -0.39 is 24.0 Å². The van der Waals surface area contributed by atoms with Crippen LogP contribution in [0.4, 0.5) is 4.39 Å². The summed E-state index contributed by atoms with van der Waals surface area (Å²) in [5, 5.41) is 27.9. The summed E-state index contributed by atoms with van der Waals surface area (Å²) < 4.78 is 13.7. The number of carboxylic acids is 1. The van der Waals surface area contributed by atoms with Crippen molar-refractivity contribution in [3.63, 3.8) is 0 Å². The smallest absolute Gasteiger partial charge is 0.303 e. The molecule has 0 aliphatic heterocycles. The van der Waals surface area contributed by atoms with Gasteiger partial charge in [-0.1, -0.05) is 12.1 Å². The van der Waals surface area contributed by atoms with Crippen molar-refractivity contribution in [3.05, 3.63) is 35.1 Å². The highest BCUT2D eigenvalue weighted by atomic mass is 35.5. The Morgan fingerprint density at radius 2 is 2.05 bits per heavy atom. The second-order valence-electron chi connectivity index (χ2n) is 4.23. The molecule has 0 aliphatic rings. The molecule has 6 heteroatoms. The van der Waals surface area contributed by atoms with E-state index in [-0.39, 0.29) is 36.3 Å². The normalized spacial score (nSPS) is 14.1. The molecule has 4 nitrogen and oxygen atoms in total. The van der Waals surface area contributed by atoms with E-state index in [9.17, 15) is 19.4 Å². The highest BCUT2D eigenvalue weighted by Crippen LogP contribution is 2.22. The first-order valence-electron chi connectivity index (χ1n) is 5.88. The summed E-state index contributed by atoms with van der Waals surface area (Å²) in [5.74, 6) is -1.39. The first kappa shape index (κ1) is 15.9. The molecule has 1 rings (SSSR count). The molecule has 0 heterocycles. The highest BCUT2D eigenvalue weighted by Gasteiger charge is 2.19. The Hall–Kier alpha value is -1.17. The lowest BCUT2D eigenvalue weighted by atomic mass is 9.99. The maximum atomic E-state index is 13.7. The monoisotopic (exact) mass is 290 g/mol. The number of hydrogen-bond donors (Lipinski definition) is 3. The molecule has 0 saturated heterocycles. The van der Waals surface area contributed by atoms with E-state index >= 15 is 0 Å². The van der Waals surface area contributed by atoms with Gasteiger partial charge in [0, 0.05) is 12.3 Å². The molecule has 0 saturated carbocycles. The molecule has 106 valence electrons. The van der Waals surface area contributed by atoms with E-state index in [2.05, 4.69) is 0 Å². The third-order valence-electron chi connectivity index (χ3n) is 2.80. The van der Waals surface area contributed by atoms with Crippen molar-refractivity contribution in [2.24, 2.45) is 0 Å². The van der Waals surface area contributed by atoms with Crippen LogP contribution in [0.1, 0.15) is 30.1 Å². The van der Waals surface area contributed by atoms with Gasteiger partial charge in [-0.05, 0) is 30.0 Å². The molecule has 0 aromatic heterocycles. The summed E-state index contributed by atoms with van der Waals surface area (Å²) in [7, 11) is 0. The molecule has 0 radical (unpaired) electrons. The summed E-state index contributed by atoms with van der Waals surface area (Å²) in [6.45, 7) is 0. The molecule has 0 spiro atoms. The third kappa shape index (κ3) is 4.78. The van der Waals surface area contributed by atoms with E-state index in [1.807, 2.05) is 0 Å². The lowest BCUT2D eigenvalue weighted by Gasteiger charge is -2.17. The van der Waals surface area contributed by atoms with Crippen LogP contribution in [0.5, 0.6) is 0 Å². The van der Waals surface area contributed by atoms with Gasteiger partial charge in [-0.2, -0.15) is 0 Å². The van der Waals surface area contributed by atoms with Crippen LogP contribution in [0.25, 0.3) is 0 Å². The molecule has 19 heavy (non-hydrogen) atoms. The number of aryl methyl sites for hydroxylation is 1. The van der Waals surface area contributed by atoms with Crippen LogP contribution in [0.3, 0.4) is 0 Å². The van der Waals surface area contributed by atoms with Gasteiger partial charge in [0.25, 0.3) is 0 Å². The fourth-order valence-electron chi connectivity index (χ4n) is 1.68. The minimum absolute atomic E-state index is 0.0851. The van der Waals surface area contributed by atoms with E-state index in [0.717, 1.165) is 6.07 Å². The Morgan fingerprint density at radius 1 is 1.37 bits per heavy atom. The van der Waals surface area contributed by atoms with Gasteiger partial charge in [-0.15, -0.1) is 11.6 Å². The van der Waals surface area contributed by atoms with Crippen LogP contribution in [-0.2, 0) is 11.2 Å². The molecule has 3 N–H and O–H groups in total. The average Bonchev–Trinajstić information content (AvgIpc) is 2.36. The van der Waals surface area contributed by atoms with E-state index in [0.29, 0.717) is 0 Å². The van der Waals surface area contributed by atoms with Crippen molar-refractivity contribution >= 4 is 17.6 Å². The molecule has 1 aromatic carbocycles. The van der Waals surface area contributed by atoms with Gasteiger partial charge in [0.2, 0.25) is 0 Å². The first-order chi connectivity index (χ1) is 8.95. The SMILES string of the molecule is O=C(O)CCc1ccc(C(O)C(O)CCCl)cc1F. The molecule has 0 fully saturated rings. The maximum Gasteiger partial charge on any atom is 0.303 e. The predicted molar refractivity (Wildman–Crippen MR) is 68.7 cm³/mol. The quantitative estimate of drug-likeness (QED) is 0.670. The fourth-order valence-corrected chi connectivity index (χ4v) is 1.91. The number of aliphatic carboxylic acids is 1. The van der Waals surface area contributed by atoms with Crippen LogP contribution in [0.15, 0.2) is 18.2 Å². The second kappa shape index (κ2) is 7.43. The summed E-state index contributed by atoms with van der Waals surface area (Å²) in [6, 6.07) is 4.01. The first-order valence-corrected chi connectivity index (χ1v) is 6.41. The van der Waals surface area contributed by atoms with Gasteiger partial charge in [0.05, 0.1) is 6.10 Å². The van der Waals surface area contributed by atoms with Crippen molar-refractivity contribution < 1.29 is 24.5 Å². The maximum absolute atomic E-state index is 13.7. The molecular weight excluding hydrogens is 275 g/mol. The van der Waals surface area contributed by atoms with E-state index in [4.69, 9.17) is 16.7 Å². The van der Waals surface area contributed by atoms with E-state index in [1.54, 1.807) is 0 Å².